The van der Waals surface area contributed by atoms with E-state index >= 15 is 0 Å². The van der Waals surface area contributed by atoms with Crippen LogP contribution in [-0.4, -0.2) is 28.2 Å². The number of aromatic nitrogens is 4. The smallest absolute Gasteiger partial charge is 0.229 e. The molecule has 8 heteroatoms. The summed E-state index contributed by atoms with van der Waals surface area (Å²) in [7, 11) is -3.91. The third-order valence-electron chi connectivity index (χ3n) is 5.55. The van der Waals surface area contributed by atoms with Gasteiger partial charge in [0.25, 0.3) is 0 Å². The van der Waals surface area contributed by atoms with Gasteiger partial charge in [-0.1, -0.05) is 35.5 Å². The van der Waals surface area contributed by atoms with E-state index < -0.39 is 9.84 Å². The molecule has 0 aliphatic rings. The molecule has 7 nitrogen and oxygen atoms in total. The molecule has 0 bridgehead atoms. The Labute approximate surface area is 185 Å². The van der Waals surface area contributed by atoms with Gasteiger partial charge in [0.05, 0.1) is 10.4 Å². The highest BCUT2D eigenvalue weighted by Gasteiger charge is 2.27. The summed E-state index contributed by atoms with van der Waals surface area (Å²) in [5, 5.41) is 12.1. The van der Waals surface area contributed by atoms with Crippen molar-refractivity contribution in [3.8, 4) is 0 Å². The highest BCUT2D eigenvalue weighted by Crippen LogP contribution is 2.30. The van der Waals surface area contributed by atoms with Crippen LogP contribution in [0.1, 0.15) is 16.7 Å². The number of nitrogens with zero attached hydrogens (tertiary/aromatic N) is 4. The molecule has 0 fully saturated rings. The van der Waals surface area contributed by atoms with Crippen LogP contribution in [-0.2, 0) is 9.84 Å². The average molecular weight is 444 g/mol. The molecule has 0 saturated carbocycles. The summed E-state index contributed by atoms with van der Waals surface area (Å²) in [5.74, 6) is 0.539. The normalized spacial score (nSPS) is 11.8. The summed E-state index contributed by atoms with van der Waals surface area (Å²) in [6, 6.07) is 20.5. The van der Waals surface area contributed by atoms with E-state index in [1.807, 2.05) is 69.3 Å². The molecule has 0 unspecified atom stereocenters. The molecule has 0 radical (unpaired) electrons. The molecule has 2 heterocycles. The zero-order valence-corrected chi connectivity index (χ0v) is 18.7. The Bertz CT molecular complexity index is 1610. The molecule has 5 aromatic rings. The van der Waals surface area contributed by atoms with Gasteiger partial charge in [0.15, 0.2) is 5.65 Å². The van der Waals surface area contributed by atoms with Crippen LogP contribution in [0.2, 0.25) is 0 Å². The summed E-state index contributed by atoms with van der Waals surface area (Å²) in [4.78, 5) is 4.84. The van der Waals surface area contributed by atoms with Crippen LogP contribution in [0.5, 0.6) is 0 Å². The van der Waals surface area contributed by atoms with Crippen molar-refractivity contribution >= 4 is 37.9 Å². The van der Waals surface area contributed by atoms with Crippen LogP contribution in [0.3, 0.4) is 0 Å². The summed E-state index contributed by atoms with van der Waals surface area (Å²) < 4.78 is 28.4. The first-order valence-electron chi connectivity index (χ1n) is 10.1. The number of hydrogen-bond donors (Lipinski definition) is 1. The maximum absolute atomic E-state index is 13.4. The third-order valence-corrected chi connectivity index (χ3v) is 7.19. The van der Waals surface area contributed by atoms with Gasteiger partial charge in [0, 0.05) is 11.1 Å². The average Bonchev–Trinajstić information content (AvgIpc) is 3.21. The Morgan fingerprint density at radius 2 is 1.69 bits per heavy atom. The molecule has 1 N–H and O–H groups in total. The standard InChI is InChI=1S/C24H21N5O2S/c1-15-7-6-8-18(13-15)25-22-20-9-4-5-10-21(20)29-23(26-22)24(27-28-29)32(30,31)19-12-11-16(2)17(3)14-19/h4-14H,1-3H3,(H,25,26). The van der Waals surface area contributed by atoms with Crippen molar-refractivity contribution in [2.24, 2.45) is 0 Å². The number of rotatable bonds is 4. The second-order valence-electron chi connectivity index (χ2n) is 7.85. The van der Waals surface area contributed by atoms with Gasteiger partial charge in [-0.25, -0.2) is 13.4 Å². The first-order chi connectivity index (χ1) is 15.3. The van der Waals surface area contributed by atoms with Crippen molar-refractivity contribution in [1.82, 2.24) is 19.8 Å². The van der Waals surface area contributed by atoms with Crippen LogP contribution in [0, 0.1) is 20.8 Å². The van der Waals surface area contributed by atoms with Gasteiger partial charge in [0.1, 0.15) is 5.82 Å². The molecule has 0 aliphatic heterocycles. The minimum Gasteiger partial charge on any atom is -0.340 e. The fourth-order valence-electron chi connectivity index (χ4n) is 3.67. The van der Waals surface area contributed by atoms with Gasteiger partial charge < -0.3 is 5.32 Å². The topological polar surface area (TPSA) is 89.2 Å². The molecule has 0 aliphatic carbocycles. The molecule has 3 aromatic carbocycles. The predicted octanol–water partition coefficient (Wildman–Crippen LogP) is 4.78. The summed E-state index contributed by atoms with van der Waals surface area (Å²) in [6.07, 6.45) is 0. The Morgan fingerprint density at radius 1 is 0.875 bits per heavy atom. The molecule has 5 rings (SSSR count). The van der Waals surface area contributed by atoms with Crippen LogP contribution in [0.15, 0.2) is 76.7 Å². The lowest BCUT2D eigenvalue weighted by Crippen LogP contribution is -2.06. The van der Waals surface area contributed by atoms with E-state index in [2.05, 4.69) is 20.6 Å². The lowest BCUT2D eigenvalue weighted by molar-refractivity contribution is 0.592. The van der Waals surface area contributed by atoms with Crippen molar-refractivity contribution in [1.29, 1.82) is 0 Å². The van der Waals surface area contributed by atoms with Gasteiger partial charge in [-0.2, -0.15) is 4.52 Å². The number of para-hydroxylation sites is 1. The third kappa shape index (κ3) is 3.29. The summed E-state index contributed by atoms with van der Waals surface area (Å²) >= 11 is 0. The minimum absolute atomic E-state index is 0.168. The zero-order valence-electron chi connectivity index (χ0n) is 17.9. The molecule has 2 aromatic heterocycles. The molecule has 0 spiro atoms. The van der Waals surface area contributed by atoms with Crippen LogP contribution in [0.4, 0.5) is 11.5 Å². The second-order valence-corrected chi connectivity index (χ2v) is 9.72. The first kappa shape index (κ1) is 20.1. The number of benzene rings is 3. The zero-order chi connectivity index (χ0) is 22.5. The van der Waals surface area contributed by atoms with Gasteiger partial charge >= 0.3 is 0 Å². The van der Waals surface area contributed by atoms with Crippen LogP contribution >= 0.6 is 0 Å². The monoisotopic (exact) mass is 443 g/mol. The SMILES string of the molecule is Cc1cccc(Nc2nc3c(S(=O)(=O)c4ccc(C)c(C)c4)nnn3c3ccccc23)c1. The number of sulfone groups is 1. The maximum atomic E-state index is 13.4. The summed E-state index contributed by atoms with van der Waals surface area (Å²) in [6.45, 7) is 5.83. The molecular formula is C24H21N5O2S. The Hall–Kier alpha value is -3.78. The summed E-state index contributed by atoms with van der Waals surface area (Å²) in [5.41, 5.74) is 4.76. The number of anilines is 2. The van der Waals surface area contributed by atoms with Crippen LogP contribution in [0.25, 0.3) is 16.6 Å². The van der Waals surface area contributed by atoms with Gasteiger partial charge in [-0.05, 0) is 73.9 Å². The van der Waals surface area contributed by atoms with E-state index in [1.165, 1.54) is 4.52 Å². The second kappa shape index (κ2) is 7.42. The molecular weight excluding hydrogens is 422 g/mol. The largest absolute Gasteiger partial charge is 0.340 e. The molecule has 0 saturated heterocycles. The number of fused-ring (bicyclic) bond motifs is 3. The van der Waals surface area contributed by atoms with E-state index in [1.54, 1.807) is 18.2 Å². The van der Waals surface area contributed by atoms with Crippen molar-refractivity contribution in [2.45, 2.75) is 30.7 Å². The van der Waals surface area contributed by atoms with E-state index in [0.29, 0.717) is 11.3 Å². The quantitative estimate of drug-likeness (QED) is 0.430. The highest BCUT2D eigenvalue weighted by molar-refractivity contribution is 7.91. The first-order valence-corrected chi connectivity index (χ1v) is 11.6. The molecule has 0 amide bonds. The maximum Gasteiger partial charge on any atom is 0.229 e. The molecule has 0 atom stereocenters. The van der Waals surface area contributed by atoms with Crippen molar-refractivity contribution in [2.75, 3.05) is 5.32 Å². The van der Waals surface area contributed by atoms with E-state index in [9.17, 15) is 8.42 Å². The number of hydrogen-bond acceptors (Lipinski definition) is 6. The fraction of sp³-hybridized carbons (Fsp3) is 0.125. The molecule has 160 valence electrons. The number of nitrogens with one attached hydrogen (secondary N) is 1. The van der Waals surface area contributed by atoms with Crippen molar-refractivity contribution in [3.05, 3.63) is 83.4 Å². The van der Waals surface area contributed by atoms with Gasteiger partial charge in [0.2, 0.25) is 14.9 Å². The lowest BCUT2D eigenvalue weighted by Gasteiger charge is -2.11. The Kier molecular flexibility index (Phi) is 4.67. The van der Waals surface area contributed by atoms with Crippen molar-refractivity contribution < 1.29 is 8.42 Å². The van der Waals surface area contributed by atoms with E-state index in [4.69, 9.17) is 0 Å². The Balaban J connectivity index is 1.74. The molecule has 32 heavy (non-hydrogen) atoms. The number of aryl methyl sites for hydroxylation is 3. The lowest BCUT2D eigenvalue weighted by atomic mass is 10.1. The fourth-order valence-corrected chi connectivity index (χ4v) is 4.99. The van der Waals surface area contributed by atoms with Crippen molar-refractivity contribution in [3.63, 3.8) is 0 Å². The van der Waals surface area contributed by atoms with Crippen LogP contribution < -0.4 is 5.32 Å². The minimum atomic E-state index is -3.91. The highest BCUT2D eigenvalue weighted by atomic mass is 32.2. The van der Waals surface area contributed by atoms with Gasteiger partial charge in [-0.15, -0.1) is 5.10 Å². The van der Waals surface area contributed by atoms with E-state index in [-0.39, 0.29) is 15.6 Å². The van der Waals surface area contributed by atoms with Gasteiger partial charge in [-0.3, -0.25) is 0 Å². The predicted molar refractivity (Wildman–Crippen MR) is 124 cm³/mol. The van der Waals surface area contributed by atoms with E-state index in [0.717, 1.165) is 27.8 Å². The Morgan fingerprint density at radius 3 is 2.47 bits per heavy atom.